The minimum atomic E-state index is -1.29. The van der Waals surface area contributed by atoms with Gasteiger partial charge in [0, 0.05) is 33.6 Å². The van der Waals surface area contributed by atoms with Crippen molar-refractivity contribution in [1.82, 2.24) is 4.98 Å². The molecule has 2 atom stereocenters. The monoisotopic (exact) mass is 432 g/mol. The highest BCUT2D eigenvalue weighted by molar-refractivity contribution is 6.37. The molecule has 0 aliphatic rings. The summed E-state index contributed by atoms with van der Waals surface area (Å²) in [7, 11) is 0. The summed E-state index contributed by atoms with van der Waals surface area (Å²) in [5.74, 6) is -1.66. The predicted octanol–water partition coefficient (Wildman–Crippen LogP) is 5.64. The fourth-order valence-corrected chi connectivity index (χ4v) is 3.57. The summed E-state index contributed by atoms with van der Waals surface area (Å²) in [4.78, 5) is 17.2. The van der Waals surface area contributed by atoms with Gasteiger partial charge in [-0.3, -0.25) is 9.78 Å². The van der Waals surface area contributed by atoms with E-state index in [4.69, 9.17) is 40.2 Å². The first-order valence-corrected chi connectivity index (χ1v) is 9.43. The Labute approximate surface area is 177 Å². The number of aromatic nitrogens is 1. The van der Waals surface area contributed by atoms with Gasteiger partial charge in [-0.05, 0) is 35.9 Å². The summed E-state index contributed by atoms with van der Waals surface area (Å²) >= 11 is 18.2. The van der Waals surface area contributed by atoms with E-state index in [0.717, 1.165) is 0 Å². The van der Waals surface area contributed by atoms with E-state index in [1.165, 1.54) is 18.3 Å². The SMILES string of the molecule is N=C(c1ccc(Cl)cc1Cl)C(C(=O)c1cccc(Cl)c1)C(O)c1cccnc1. The number of pyridine rings is 1. The molecule has 3 aromatic rings. The second-order valence-electron chi connectivity index (χ2n) is 6.12. The third kappa shape index (κ3) is 4.42. The minimum absolute atomic E-state index is 0.122. The number of benzene rings is 2. The summed E-state index contributed by atoms with van der Waals surface area (Å²) in [6.07, 6.45) is 1.73. The lowest BCUT2D eigenvalue weighted by Crippen LogP contribution is -2.31. The van der Waals surface area contributed by atoms with Crippen LogP contribution in [0.5, 0.6) is 0 Å². The van der Waals surface area contributed by atoms with Crippen molar-refractivity contribution in [3.8, 4) is 0 Å². The van der Waals surface area contributed by atoms with Gasteiger partial charge in [0.25, 0.3) is 0 Å². The van der Waals surface area contributed by atoms with E-state index in [9.17, 15) is 9.90 Å². The van der Waals surface area contributed by atoms with Gasteiger partial charge >= 0.3 is 0 Å². The van der Waals surface area contributed by atoms with Gasteiger partial charge in [0.1, 0.15) is 0 Å². The number of hydrogen-bond donors (Lipinski definition) is 2. The van der Waals surface area contributed by atoms with Gasteiger partial charge in [-0.15, -0.1) is 0 Å². The highest BCUT2D eigenvalue weighted by Gasteiger charge is 2.34. The fraction of sp³-hybridized carbons (Fsp3) is 0.0952. The molecule has 28 heavy (non-hydrogen) atoms. The topological polar surface area (TPSA) is 74.0 Å². The van der Waals surface area contributed by atoms with Crippen LogP contribution >= 0.6 is 34.8 Å². The first kappa shape index (κ1) is 20.5. The molecular weight excluding hydrogens is 419 g/mol. The maximum absolute atomic E-state index is 13.3. The molecule has 0 radical (unpaired) electrons. The van der Waals surface area contributed by atoms with Crippen LogP contribution in [0.4, 0.5) is 0 Å². The number of carbonyl (C=O) groups excluding carboxylic acids is 1. The second kappa shape index (κ2) is 8.84. The van der Waals surface area contributed by atoms with E-state index in [1.54, 1.807) is 48.7 Å². The Balaban J connectivity index is 2.08. The smallest absolute Gasteiger partial charge is 0.174 e. The fourth-order valence-electron chi connectivity index (χ4n) is 2.87. The number of nitrogens with one attached hydrogen (secondary N) is 1. The van der Waals surface area contributed by atoms with E-state index in [-0.39, 0.29) is 16.3 Å². The molecule has 0 fully saturated rings. The van der Waals surface area contributed by atoms with Crippen LogP contribution in [0.25, 0.3) is 0 Å². The maximum Gasteiger partial charge on any atom is 0.174 e. The summed E-state index contributed by atoms with van der Waals surface area (Å²) < 4.78 is 0. The van der Waals surface area contributed by atoms with Crippen molar-refractivity contribution in [2.75, 3.05) is 0 Å². The van der Waals surface area contributed by atoms with Gasteiger partial charge in [-0.1, -0.05) is 59.1 Å². The lowest BCUT2D eigenvalue weighted by molar-refractivity contribution is 0.0793. The number of nitrogens with zero attached hydrogens (tertiary/aromatic N) is 1. The molecule has 0 saturated heterocycles. The number of Topliss-reactive ketones (excluding diaryl/α,β-unsaturated/α-hetero) is 1. The summed E-state index contributed by atoms with van der Waals surface area (Å²) in [5.41, 5.74) is 0.894. The Morgan fingerprint density at radius 3 is 2.39 bits per heavy atom. The molecule has 4 nitrogen and oxygen atoms in total. The molecule has 0 amide bonds. The Morgan fingerprint density at radius 1 is 1.00 bits per heavy atom. The molecule has 1 heterocycles. The Hall–Kier alpha value is -2.24. The van der Waals surface area contributed by atoms with Crippen LogP contribution in [0.3, 0.4) is 0 Å². The van der Waals surface area contributed by atoms with E-state index in [2.05, 4.69) is 4.98 Å². The quantitative estimate of drug-likeness (QED) is 0.390. The Bertz CT molecular complexity index is 1030. The Kier molecular flexibility index (Phi) is 6.47. The summed E-state index contributed by atoms with van der Waals surface area (Å²) in [5, 5.41) is 20.6. The minimum Gasteiger partial charge on any atom is -0.387 e. The zero-order valence-corrected chi connectivity index (χ0v) is 16.7. The molecule has 1 aromatic heterocycles. The van der Waals surface area contributed by atoms with Crippen LogP contribution in [-0.2, 0) is 0 Å². The number of ketones is 1. The van der Waals surface area contributed by atoms with Crippen LogP contribution in [0.15, 0.2) is 67.0 Å². The van der Waals surface area contributed by atoms with Crippen LogP contribution in [-0.4, -0.2) is 21.6 Å². The highest BCUT2D eigenvalue weighted by atomic mass is 35.5. The molecule has 7 heteroatoms. The molecule has 2 unspecified atom stereocenters. The zero-order chi connectivity index (χ0) is 20.3. The number of aliphatic hydroxyl groups excluding tert-OH is 1. The normalized spacial score (nSPS) is 13.0. The lowest BCUT2D eigenvalue weighted by Gasteiger charge is -2.24. The van der Waals surface area contributed by atoms with Gasteiger partial charge in [0.05, 0.1) is 22.8 Å². The van der Waals surface area contributed by atoms with E-state index in [0.29, 0.717) is 21.2 Å². The molecule has 0 saturated carbocycles. The van der Waals surface area contributed by atoms with E-state index in [1.807, 2.05) is 0 Å². The molecule has 0 bridgehead atoms. The van der Waals surface area contributed by atoms with Gasteiger partial charge < -0.3 is 10.5 Å². The first-order valence-electron chi connectivity index (χ1n) is 8.30. The molecule has 2 N–H and O–H groups in total. The second-order valence-corrected chi connectivity index (χ2v) is 7.40. The van der Waals surface area contributed by atoms with Crippen molar-refractivity contribution >= 4 is 46.3 Å². The Morgan fingerprint density at radius 2 is 1.75 bits per heavy atom. The number of aliphatic hydroxyl groups is 1. The van der Waals surface area contributed by atoms with Crippen LogP contribution in [0, 0.1) is 11.3 Å². The van der Waals surface area contributed by atoms with Crippen LogP contribution < -0.4 is 0 Å². The molecular formula is C21H15Cl3N2O2. The molecule has 2 aromatic carbocycles. The lowest BCUT2D eigenvalue weighted by atomic mass is 9.83. The predicted molar refractivity (Wildman–Crippen MR) is 112 cm³/mol. The molecule has 0 aliphatic heterocycles. The zero-order valence-electron chi connectivity index (χ0n) is 14.4. The standard InChI is InChI=1S/C21H15Cl3N2O2/c22-14-5-1-3-12(9-14)20(27)18(21(28)13-4-2-8-26-11-13)19(25)16-7-6-15(23)10-17(16)24/h1-11,18,21,25,28H. The van der Waals surface area contributed by atoms with Crippen molar-refractivity contribution in [2.24, 2.45) is 5.92 Å². The first-order chi connectivity index (χ1) is 13.4. The summed E-state index contributed by atoms with van der Waals surface area (Å²) in [6.45, 7) is 0. The van der Waals surface area contributed by atoms with Gasteiger partial charge in [-0.2, -0.15) is 0 Å². The van der Waals surface area contributed by atoms with Crippen molar-refractivity contribution < 1.29 is 9.90 Å². The summed E-state index contributed by atoms with van der Waals surface area (Å²) in [6, 6.07) is 14.3. The van der Waals surface area contributed by atoms with Crippen molar-refractivity contribution in [2.45, 2.75) is 6.10 Å². The highest BCUT2D eigenvalue weighted by Crippen LogP contribution is 2.32. The number of rotatable bonds is 6. The average molecular weight is 434 g/mol. The molecule has 142 valence electrons. The van der Waals surface area contributed by atoms with Gasteiger partial charge in [0.2, 0.25) is 0 Å². The van der Waals surface area contributed by atoms with E-state index < -0.39 is 17.8 Å². The number of carbonyl (C=O) groups is 1. The van der Waals surface area contributed by atoms with Crippen LogP contribution in [0.1, 0.15) is 27.6 Å². The third-order valence-corrected chi connectivity index (χ3v) is 5.05. The van der Waals surface area contributed by atoms with E-state index >= 15 is 0 Å². The maximum atomic E-state index is 13.3. The van der Waals surface area contributed by atoms with Gasteiger partial charge in [0.15, 0.2) is 5.78 Å². The van der Waals surface area contributed by atoms with Crippen molar-refractivity contribution in [1.29, 1.82) is 5.41 Å². The molecule has 0 aliphatic carbocycles. The largest absolute Gasteiger partial charge is 0.387 e. The van der Waals surface area contributed by atoms with Gasteiger partial charge in [-0.25, -0.2) is 0 Å². The number of halogens is 3. The van der Waals surface area contributed by atoms with Crippen molar-refractivity contribution in [3.63, 3.8) is 0 Å². The van der Waals surface area contributed by atoms with Crippen molar-refractivity contribution in [3.05, 3.63) is 98.7 Å². The average Bonchev–Trinajstić information content (AvgIpc) is 2.68. The third-order valence-electron chi connectivity index (χ3n) is 4.27. The number of hydrogen-bond acceptors (Lipinski definition) is 4. The van der Waals surface area contributed by atoms with Crippen LogP contribution in [0.2, 0.25) is 15.1 Å². The molecule has 0 spiro atoms. The molecule has 3 rings (SSSR count).